The summed E-state index contributed by atoms with van der Waals surface area (Å²) in [4.78, 5) is 10.2. The van der Waals surface area contributed by atoms with E-state index in [9.17, 15) is 4.79 Å². The zero-order valence-corrected chi connectivity index (χ0v) is 9.17. The zero-order valence-electron chi connectivity index (χ0n) is 9.17. The highest BCUT2D eigenvalue weighted by Crippen LogP contribution is 2.07. The average Bonchev–Trinajstić information content (AvgIpc) is 2.15. The summed E-state index contributed by atoms with van der Waals surface area (Å²) in [6.45, 7) is 2.14. The van der Waals surface area contributed by atoms with Crippen molar-refractivity contribution in [2.24, 2.45) is 0 Å². The Morgan fingerprint density at radius 1 is 1.07 bits per heavy atom. The number of rotatable bonds is 9. The molecule has 0 rings (SSSR count). The van der Waals surface area contributed by atoms with Crippen LogP contribution >= 0.6 is 0 Å². The first-order valence-electron chi connectivity index (χ1n) is 5.64. The van der Waals surface area contributed by atoms with Crippen LogP contribution in [0, 0.1) is 0 Å². The van der Waals surface area contributed by atoms with E-state index in [1.165, 1.54) is 25.7 Å². The zero-order chi connectivity index (χ0) is 10.6. The smallest absolute Gasteiger partial charge is 0.303 e. The van der Waals surface area contributed by atoms with Crippen molar-refractivity contribution in [1.82, 2.24) is 0 Å². The third kappa shape index (κ3) is 11.2. The molecule has 0 radical (unpaired) electrons. The van der Waals surface area contributed by atoms with Crippen LogP contribution in [0.3, 0.4) is 0 Å². The molecule has 0 saturated carbocycles. The van der Waals surface area contributed by atoms with Gasteiger partial charge in [-0.15, -0.1) is 0 Å². The highest BCUT2D eigenvalue weighted by molar-refractivity contribution is 5.66. The number of hydrogen-bond donors (Lipinski definition) is 1. The van der Waals surface area contributed by atoms with Gasteiger partial charge in [0.15, 0.2) is 0 Å². The monoisotopic (exact) mass is 198 g/mol. The summed E-state index contributed by atoms with van der Waals surface area (Å²) >= 11 is 0. The predicted octanol–water partition coefficient (Wildman–Crippen LogP) is 3.77. The molecular formula is C12H22O2. The van der Waals surface area contributed by atoms with E-state index in [1.54, 1.807) is 0 Å². The second kappa shape index (κ2) is 10.3. The van der Waals surface area contributed by atoms with Gasteiger partial charge in [0.05, 0.1) is 0 Å². The van der Waals surface area contributed by atoms with E-state index in [2.05, 4.69) is 19.1 Å². The molecular weight excluding hydrogens is 176 g/mol. The third-order valence-electron chi connectivity index (χ3n) is 2.16. The van der Waals surface area contributed by atoms with Gasteiger partial charge in [0, 0.05) is 6.42 Å². The molecule has 82 valence electrons. The number of carbonyl (C=O) groups is 1. The van der Waals surface area contributed by atoms with Crippen LogP contribution in [-0.4, -0.2) is 11.1 Å². The topological polar surface area (TPSA) is 37.3 Å². The van der Waals surface area contributed by atoms with Gasteiger partial charge < -0.3 is 5.11 Å². The van der Waals surface area contributed by atoms with Crippen molar-refractivity contribution < 1.29 is 9.90 Å². The SMILES string of the molecule is CCC=CCCCCCCCC(=O)O. The fourth-order valence-corrected chi connectivity index (χ4v) is 1.35. The van der Waals surface area contributed by atoms with Gasteiger partial charge in [0.25, 0.3) is 0 Å². The van der Waals surface area contributed by atoms with Crippen LogP contribution in [-0.2, 0) is 4.79 Å². The summed E-state index contributed by atoms with van der Waals surface area (Å²) in [6.07, 6.45) is 12.6. The van der Waals surface area contributed by atoms with Gasteiger partial charge in [-0.3, -0.25) is 4.79 Å². The average molecular weight is 198 g/mol. The van der Waals surface area contributed by atoms with E-state index in [-0.39, 0.29) is 0 Å². The Labute approximate surface area is 87.0 Å². The minimum absolute atomic E-state index is 0.329. The summed E-state index contributed by atoms with van der Waals surface area (Å²) in [7, 11) is 0. The van der Waals surface area contributed by atoms with Gasteiger partial charge >= 0.3 is 5.97 Å². The highest BCUT2D eigenvalue weighted by atomic mass is 16.4. The maximum atomic E-state index is 10.2. The standard InChI is InChI=1S/C12H22O2/c1-2-3-4-5-6-7-8-9-10-11-12(13)14/h3-4H,2,5-11H2,1H3,(H,13,14). The molecule has 2 nitrogen and oxygen atoms in total. The molecule has 2 heteroatoms. The third-order valence-corrected chi connectivity index (χ3v) is 2.16. The minimum atomic E-state index is -0.670. The second-order valence-corrected chi connectivity index (χ2v) is 3.58. The van der Waals surface area contributed by atoms with E-state index in [0.717, 1.165) is 19.3 Å². The van der Waals surface area contributed by atoms with Gasteiger partial charge in [-0.2, -0.15) is 0 Å². The molecule has 0 bridgehead atoms. The Morgan fingerprint density at radius 2 is 1.71 bits per heavy atom. The largest absolute Gasteiger partial charge is 0.481 e. The Balaban J connectivity index is 2.99. The van der Waals surface area contributed by atoms with E-state index >= 15 is 0 Å². The molecule has 0 heterocycles. The van der Waals surface area contributed by atoms with Gasteiger partial charge in [0.2, 0.25) is 0 Å². The quantitative estimate of drug-likeness (QED) is 0.452. The molecule has 0 amide bonds. The van der Waals surface area contributed by atoms with Crippen LogP contribution in [0.5, 0.6) is 0 Å². The van der Waals surface area contributed by atoms with E-state index in [0.29, 0.717) is 6.42 Å². The van der Waals surface area contributed by atoms with E-state index < -0.39 is 5.97 Å². The predicted molar refractivity (Wildman–Crippen MR) is 59.4 cm³/mol. The molecule has 0 unspecified atom stereocenters. The van der Waals surface area contributed by atoms with E-state index in [1.807, 2.05) is 0 Å². The Hall–Kier alpha value is -0.790. The van der Waals surface area contributed by atoms with Crippen LogP contribution in [0.25, 0.3) is 0 Å². The molecule has 0 aromatic heterocycles. The first-order chi connectivity index (χ1) is 6.77. The molecule has 0 aromatic rings. The lowest BCUT2D eigenvalue weighted by Crippen LogP contribution is -1.93. The fraction of sp³-hybridized carbons (Fsp3) is 0.750. The molecule has 0 spiro atoms. The van der Waals surface area contributed by atoms with Gasteiger partial charge in [0.1, 0.15) is 0 Å². The number of hydrogen-bond acceptors (Lipinski definition) is 1. The van der Waals surface area contributed by atoms with Crippen LogP contribution in [0.2, 0.25) is 0 Å². The van der Waals surface area contributed by atoms with Crippen molar-refractivity contribution in [3.8, 4) is 0 Å². The molecule has 14 heavy (non-hydrogen) atoms. The number of aliphatic carboxylic acids is 1. The maximum absolute atomic E-state index is 10.2. The molecule has 0 aliphatic rings. The Kier molecular flexibility index (Phi) is 9.71. The van der Waals surface area contributed by atoms with Crippen LogP contribution in [0.15, 0.2) is 12.2 Å². The highest BCUT2D eigenvalue weighted by Gasteiger charge is 1.95. The lowest BCUT2D eigenvalue weighted by molar-refractivity contribution is -0.137. The molecule has 0 aliphatic carbocycles. The molecule has 0 fully saturated rings. The van der Waals surface area contributed by atoms with Crippen LogP contribution in [0.4, 0.5) is 0 Å². The number of allylic oxidation sites excluding steroid dienone is 2. The van der Waals surface area contributed by atoms with Crippen LogP contribution in [0.1, 0.15) is 58.3 Å². The van der Waals surface area contributed by atoms with Gasteiger partial charge in [-0.25, -0.2) is 0 Å². The maximum Gasteiger partial charge on any atom is 0.303 e. The summed E-state index contributed by atoms with van der Waals surface area (Å²) < 4.78 is 0. The summed E-state index contributed by atoms with van der Waals surface area (Å²) in [6, 6.07) is 0. The van der Waals surface area contributed by atoms with E-state index in [4.69, 9.17) is 5.11 Å². The number of unbranched alkanes of at least 4 members (excludes halogenated alkanes) is 5. The van der Waals surface area contributed by atoms with Gasteiger partial charge in [-0.1, -0.05) is 38.3 Å². The minimum Gasteiger partial charge on any atom is -0.481 e. The van der Waals surface area contributed by atoms with Gasteiger partial charge in [-0.05, 0) is 25.7 Å². The van der Waals surface area contributed by atoms with Crippen molar-refractivity contribution in [2.75, 3.05) is 0 Å². The van der Waals surface area contributed by atoms with Crippen molar-refractivity contribution in [2.45, 2.75) is 58.3 Å². The summed E-state index contributed by atoms with van der Waals surface area (Å²) in [5.74, 6) is -0.670. The Bertz CT molecular complexity index is 162. The number of carboxylic acids is 1. The summed E-state index contributed by atoms with van der Waals surface area (Å²) in [5, 5.41) is 8.40. The summed E-state index contributed by atoms with van der Waals surface area (Å²) in [5.41, 5.74) is 0. The first kappa shape index (κ1) is 13.2. The van der Waals surface area contributed by atoms with Crippen molar-refractivity contribution in [3.63, 3.8) is 0 Å². The Morgan fingerprint density at radius 3 is 2.36 bits per heavy atom. The molecule has 0 aliphatic heterocycles. The van der Waals surface area contributed by atoms with Crippen LogP contribution < -0.4 is 0 Å². The van der Waals surface area contributed by atoms with Crippen molar-refractivity contribution >= 4 is 5.97 Å². The molecule has 0 aromatic carbocycles. The lowest BCUT2D eigenvalue weighted by Gasteiger charge is -1.97. The normalized spacial score (nSPS) is 10.9. The van der Waals surface area contributed by atoms with Crippen molar-refractivity contribution in [1.29, 1.82) is 0 Å². The molecule has 0 saturated heterocycles. The number of carboxylic acid groups (broad SMARTS) is 1. The first-order valence-corrected chi connectivity index (χ1v) is 5.64. The molecule has 0 atom stereocenters. The lowest BCUT2D eigenvalue weighted by atomic mass is 10.1. The fourth-order valence-electron chi connectivity index (χ4n) is 1.35. The second-order valence-electron chi connectivity index (χ2n) is 3.58. The van der Waals surface area contributed by atoms with Crippen molar-refractivity contribution in [3.05, 3.63) is 12.2 Å². The molecule has 1 N–H and O–H groups in total.